The molecule has 3 saturated heterocycles. The normalized spacial score (nSPS) is 33.8. The molecule has 4 unspecified atom stereocenters. The van der Waals surface area contributed by atoms with Gasteiger partial charge in [0.2, 0.25) is 0 Å². The highest BCUT2D eigenvalue weighted by Gasteiger charge is 2.41. The second-order valence-corrected chi connectivity index (χ2v) is 7.71. The number of piperidine rings is 1. The lowest BCUT2D eigenvalue weighted by Gasteiger charge is -2.33. The van der Waals surface area contributed by atoms with E-state index in [1.807, 2.05) is 0 Å². The van der Waals surface area contributed by atoms with Crippen LogP contribution in [0.2, 0.25) is 0 Å². The van der Waals surface area contributed by atoms with Crippen LogP contribution in [-0.4, -0.2) is 61.3 Å². The Morgan fingerprint density at radius 1 is 1.21 bits per heavy atom. The molecular formula is C19H36N4O. The molecule has 0 aromatic rings. The van der Waals surface area contributed by atoms with Gasteiger partial charge in [0.05, 0.1) is 18.2 Å². The number of nitrogens with one attached hydrogen (secondary N) is 2. The Balaban J connectivity index is 1.36. The molecular weight excluding hydrogens is 300 g/mol. The third kappa shape index (κ3) is 4.85. The molecule has 138 valence electrons. The number of hydrogen-bond donors (Lipinski definition) is 2. The van der Waals surface area contributed by atoms with Crippen LogP contribution in [0.1, 0.15) is 65.2 Å². The number of unbranched alkanes of at least 4 members (excludes halogenated alkanes) is 1. The first-order valence-electron chi connectivity index (χ1n) is 10.2. The minimum absolute atomic E-state index is 0.402. The van der Waals surface area contributed by atoms with E-state index in [4.69, 9.17) is 9.73 Å². The van der Waals surface area contributed by atoms with Gasteiger partial charge in [0.25, 0.3) is 0 Å². The number of nitrogens with zero attached hydrogens (tertiary/aromatic N) is 2. The van der Waals surface area contributed by atoms with Crippen LogP contribution in [0.5, 0.6) is 0 Å². The van der Waals surface area contributed by atoms with Crippen molar-refractivity contribution in [2.45, 2.75) is 89.5 Å². The van der Waals surface area contributed by atoms with Gasteiger partial charge in [-0.05, 0) is 71.9 Å². The number of likely N-dealkylation sites (tertiary alicyclic amines) is 1. The van der Waals surface area contributed by atoms with Crippen molar-refractivity contribution in [2.24, 2.45) is 4.99 Å². The molecule has 0 spiro atoms. The summed E-state index contributed by atoms with van der Waals surface area (Å²) < 4.78 is 5.93. The first-order chi connectivity index (χ1) is 11.8. The third-order valence-corrected chi connectivity index (χ3v) is 5.84. The summed E-state index contributed by atoms with van der Waals surface area (Å²) in [7, 11) is 0. The lowest BCUT2D eigenvalue weighted by Crippen LogP contribution is -2.47. The molecule has 0 aromatic carbocycles. The van der Waals surface area contributed by atoms with E-state index in [1.165, 1.54) is 58.0 Å². The third-order valence-electron chi connectivity index (χ3n) is 5.84. The Labute approximate surface area is 147 Å². The van der Waals surface area contributed by atoms with Crippen molar-refractivity contribution in [3.05, 3.63) is 0 Å². The molecule has 3 fully saturated rings. The van der Waals surface area contributed by atoms with Gasteiger partial charge in [-0.1, -0.05) is 6.42 Å². The van der Waals surface area contributed by atoms with Crippen LogP contribution in [0.3, 0.4) is 0 Å². The molecule has 0 aromatic heterocycles. The lowest BCUT2D eigenvalue weighted by molar-refractivity contribution is 0.0992. The van der Waals surface area contributed by atoms with E-state index in [1.54, 1.807) is 0 Å². The maximum atomic E-state index is 5.93. The van der Waals surface area contributed by atoms with Crippen LogP contribution >= 0.6 is 0 Å². The fraction of sp³-hybridized carbons (Fsp3) is 0.947. The highest BCUT2D eigenvalue weighted by molar-refractivity contribution is 5.80. The molecule has 3 rings (SSSR count). The SMILES string of the molecule is CCNC(=NCCCCN1CCCCC1C)NC1CC2CCC1O2. The second kappa shape index (κ2) is 9.04. The van der Waals surface area contributed by atoms with E-state index >= 15 is 0 Å². The summed E-state index contributed by atoms with van der Waals surface area (Å²) in [4.78, 5) is 7.44. The molecule has 24 heavy (non-hydrogen) atoms. The Morgan fingerprint density at radius 2 is 2.12 bits per heavy atom. The lowest BCUT2D eigenvalue weighted by atomic mass is 9.96. The maximum Gasteiger partial charge on any atom is 0.191 e. The van der Waals surface area contributed by atoms with Crippen LogP contribution in [0, 0.1) is 0 Å². The van der Waals surface area contributed by atoms with E-state index in [0.717, 1.165) is 31.5 Å². The van der Waals surface area contributed by atoms with Crippen molar-refractivity contribution in [1.82, 2.24) is 15.5 Å². The number of hydrogen-bond acceptors (Lipinski definition) is 3. The molecule has 0 radical (unpaired) electrons. The number of guanidine groups is 1. The quantitative estimate of drug-likeness (QED) is 0.426. The number of ether oxygens (including phenoxy) is 1. The van der Waals surface area contributed by atoms with Gasteiger partial charge in [-0.3, -0.25) is 4.99 Å². The van der Waals surface area contributed by atoms with Crippen LogP contribution in [0.15, 0.2) is 4.99 Å². The average Bonchev–Trinajstić information content (AvgIpc) is 3.19. The molecule has 2 bridgehead atoms. The Bertz CT molecular complexity index is 414. The minimum Gasteiger partial charge on any atom is -0.373 e. The minimum atomic E-state index is 0.402. The van der Waals surface area contributed by atoms with Gasteiger partial charge in [-0.25, -0.2) is 0 Å². The van der Waals surface area contributed by atoms with Crippen LogP contribution in [-0.2, 0) is 4.74 Å². The van der Waals surface area contributed by atoms with Crippen molar-refractivity contribution < 1.29 is 4.74 Å². The van der Waals surface area contributed by atoms with Gasteiger partial charge in [-0.2, -0.15) is 0 Å². The zero-order chi connectivity index (χ0) is 16.8. The Hall–Kier alpha value is -0.810. The van der Waals surface area contributed by atoms with E-state index in [9.17, 15) is 0 Å². The van der Waals surface area contributed by atoms with Crippen LogP contribution in [0.4, 0.5) is 0 Å². The topological polar surface area (TPSA) is 48.9 Å². The predicted octanol–water partition coefficient (Wildman–Crippen LogP) is 2.52. The average molecular weight is 337 g/mol. The van der Waals surface area contributed by atoms with Crippen LogP contribution in [0.25, 0.3) is 0 Å². The molecule has 5 heteroatoms. The molecule has 3 aliphatic rings. The van der Waals surface area contributed by atoms with Gasteiger partial charge in [0.1, 0.15) is 0 Å². The predicted molar refractivity (Wildman–Crippen MR) is 99.5 cm³/mol. The van der Waals surface area contributed by atoms with Crippen molar-refractivity contribution in [3.8, 4) is 0 Å². The second-order valence-electron chi connectivity index (χ2n) is 7.71. The highest BCUT2D eigenvalue weighted by Crippen LogP contribution is 2.34. The van der Waals surface area contributed by atoms with E-state index in [-0.39, 0.29) is 0 Å². The van der Waals surface area contributed by atoms with E-state index < -0.39 is 0 Å². The summed E-state index contributed by atoms with van der Waals surface area (Å²) in [5.74, 6) is 0.977. The summed E-state index contributed by atoms with van der Waals surface area (Å²) in [6.45, 7) is 8.87. The standard InChI is InChI=1S/C19H36N4O/c1-3-20-19(22-17-14-16-9-10-18(17)24-16)21-11-5-7-13-23-12-6-4-8-15(23)2/h15-18H,3-14H2,1-2H3,(H2,20,21,22). The van der Waals surface area contributed by atoms with Gasteiger partial charge in [0, 0.05) is 19.1 Å². The molecule has 3 aliphatic heterocycles. The highest BCUT2D eigenvalue weighted by atomic mass is 16.5. The van der Waals surface area contributed by atoms with Crippen molar-refractivity contribution in [2.75, 3.05) is 26.2 Å². The molecule has 0 aliphatic carbocycles. The van der Waals surface area contributed by atoms with Crippen molar-refractivity contribution in [1.29, 1.82) is 0 Å². The zero-order valence-electron chi connectivity index (χ0n) is 15.6. The summed E-state index contributed by atoms with van der Waals surface area (Å²) >= 11 is 0. The first kappa shape index (κ1) is 18.0. The molecule has 4 atom stereocenters. The Kier molecular flexibility index (Phi) is 6.78. The number of rotatable bonds is 7. The summed E-state index contributed by atoms with van der Waals surface area (Å²) in [5.41, 5.74) is 0. The van der Waals surface area contributed by atoms with Gasteiger partial charge >= 0.3 is 0 Å². The summed E-state index contributed by atoms with van der Waals surface area (Å²) in [6.07, 6.45) is 11.1. The number of aliphatic imine (C=N–C) groups is 1. The maximum absolute atomic E-state index is 5.93. The largest absolute Gasteiger partial charge is 0.373 e. The summed E-state index contributed by atoms with van der Waals surface area (Å²) in [6, 6.07) is 1.23. The fourth-order valence-corrected chi connectivity index (χ4v) is 4.39. The van der Waals surface area contributed by atoms with Gasteiger partial charge in [0.15, 0.2) is 5.96 Å². The van der Waals surface area contributed by atoms with Gasteiger partial charge in [-0.15, -0.1) is 0 Å². The molecule has 0 saturated carbocycles. The first-order valence-corrected chi connectivity index (χ1v) is 10.2. The number of fused-ring (bicyclic) bond motifs is 2. The van der Waals surface area contributed by atoms with Gasteiger partial charge < -0.3 is 20.3 Å². The molecule has 5 nitrogen and oxygen atoms in total. The Morgan fingerprint density at radius 3 is 2.83 bits per heavy atom. The van der Waals surface area contributed by atoms with Crippen LogP contribution < -0.4 is 10.6 Å². The molecule has 0 amide bonds. The van der Waals surface area contributed by atoms with Crippen molar-refractivity contribution in [3.63, 3.8) is 0 Å². The van der Waals surface area contributed by atoms with E-state index in [0.29, 0.717) is 18.2 Å². The fourth-order valence-electron chi connectivity index (χ4n) is 4.39. The van der Waals surface area contributed by atoms with Crippen molar-refractivity contribution >= 4 is 5.96 Å². The summed E-state index contributed by atoms with van der Waals surface area (Å²) in [5, 5.41) is 6.99. The molecule has 3 heterocycles. The smallest absolute Gasteiger partial charge is 0.191 e. The van der Waals surface area contributed by atoms with E-state index in [2.05, 4.69) is 29.4 Å². The monoisotopic (exact) mass is 336 g/mol. The molecule has 2 N–H and O–H groups in total. The zero-order valence-corrected chi connectivity index (χ0v) is 15.6.